The topological polar surface area (TPSA) is 73.0 Å². The van der Waals surface area contributed by atoms with E-state index in [4.69, 9.17) is 0 Å². The highest BCUT2D eigenvalue weighted by Crippen LogP contribution is 2.21. The smallest absolute Gasteiger partial charge is 0.269 e. The van der Waals surface area contributed by atoms with Gasteiger partial charge in [0.1, 0.15) is 0 Å². The Morgan fingerprint density at radius 2 is 2.05 bits per heavy atom. The second kappa shape index (κ2) is 6.49. The van der Waals surface area contributed by atoms with Gasteiger partial charge in [0.2, 0.25) is 0 Å². The first kappa shape index (κ1) is 15.2. The molecule has 0 aliphatic heterocycles. The van der Waals surface area contributed by atoms with E-state index in [1.165, 1.54) is 12.1 Å². The summed E-state index contributed by atoms with van der Waals surface area (Å²) >= 11 is 0. The Morgan fingerprint density at radius 1 is 1.38 bits per heavy atom. The molecule has 0 aliphatic rings. The van der Waals surface area contributed by atoms with Crippen molar-refractivity contribution in [3.05, 3.63) is 51.8 Å². The molecule has 0 radical (unpaired) electrons. The van der Waals surface area contributed by atoms with Crippen LogP contribution in [0.1, 0.15) is 37.6 Å². The van der Waals surface area contributed by atoms with Crippen LogP contribution in [0.4, 0.5) is 5.69 Å². The fraction of sp³-hybridized carbons (Fsp3) is 0.400. The molecule has 112 valence electrons. The van der Waals surface area contributed by atoms with Gasteiger partial charge in [-0.25, -0.2) is 4.68 Å². The highest BCUT2D eigenvalue weighted by atomic mass is 16.6. The van der Waals surface area contributed by atoms with Crippen molar-refractivity contribution in [2.75, 3.05) is 6.54 Å². The second-order valence-corrected chi connectivity index (χ2v) is 5.05. The molecule has 0 aliphatic carbocycles. The van der Waals surface area contributed by atoms with Crippen LogP contribution in [-0.4, -0.2) is 21.2 Å². The van der Waals surface area contributed by atoms with Crippen LogP contribution in [0.25, 0.3) is 5.69 Å². The number of aromatic nitrogens is 2. The van der Waals surface area contributed by atoms with Crippen LogP contribution in [-0.2, 0) is 0 Å². The van der Waals surface area contributed by atoms with Gasteiger partial charge in [-0.15, -0.1) is 0 Å². The van der Waals surface area contributed by atoms with Gasteiger partial charge in [-0.2, -0.15) is 5.10 Å². The minimum atomic E-state index is -0.401. The summed E-state index contributed by atoms with van der Waals surface area (Å²) < 4.78 is 1.81. The Kier molecular flexibility index (Phi) is 4.70. The summed E-state index contributed by atoms with van der Waals surface area (Å²) in [6, 6.07) is 6.65. The number of benzene rings is 1. The predicted molar refractivity (Wildman–Crippen MR) is 81.7 cm³/mol. The van der Waals surface area contributed by atoms with E-state index in [0.29, 0.717) is 0 Å². The minimum Gasteiger partial charge on any atom is -0.310 e. The Bertz CT molecular complexity index is 619. The zero-order valence-corrected chi connectivity index (χ0v) is 12.5. The van der Waals surface area contributed by atoms with Crippen LogP contribution >= 0.6 is 0 Å². The summed E-state index contributed by atoms with van der Waals surface area (Å²) in [7, 11) is 0. The number of nitrogens with zero attached hydrogens (tertiary/aromatic N) is 3. The van der Waals surface area contributed by atoms with Crippen molar-refractivity contribution >= 4 is 5.69 Å². The van der Waals surface area contributed by atoms with Crippen LogP contribution in [0, 0.1) is 17.0 Å². The molecular formula is C15H20N4O2. The van der Waals surface area contributed by atoms with Gasteiger partial charge in [-0.05, 0) is 38.9 Å². The van der Waals surface area contributed by atoms with E-state index >= 15 is 0 Å². The van der Waals surface area contributed by atoms with Crippen molar-refractivity contribution in [1.29, 1.82) is 0 Å². The molecule has 1 N–H and O–H groups in total. The summed E-state index contributed by atoms with van der Waals surface area (Å²) in [5.74, 6) is 0. The summed E-state index contributed by atoms with van der Waals surface area (Å²) in [6.07, 6.45) is 2.93. The largest absolute Gasteiger partial charge is 0.310 e. The van der Waals surface area contributed by atoms with Crippen molar-refractivity contribution in [1.82, 2.24) is 15.1 Å². The highest BCUT2D eigenvalue weighted by Gasteiger charge is 2.14. The van der Waals surface area contributed by atoms with Gasteiger partial charge in [-0.3, -0.25) is 10.1 Å². The van der Waals surface area contributed by atoms with E-state index in [9.17, 15) is 10.1 Å². The molecule has 1 aromatic carbocycles. The van der Waals surface area contributed by atoms with E-state index in [1.54, 1.807) is 12.1 Å². The maximum Gasteiger partial charge on any atom is 0.269 e. The number of non-ortho nitro benzene ring substituents is 1. The molecule has 0 amide bonds. The quantitative estimate of drug-likeness (QED) is 0.654. The number of hydrogen-bond acceptors (Lipinski definition) is 4. The standard InChI is InChI=1S/C15H20N4O2/c1-4-9-16-11(2)15-10-17-18(12(15)3)13-5-7-14(8-6-13)19(20)21/h5-8,10-11,16H,4,9H2,1-3H3. The van der Waals surface area contributed by atoms with Crippen molar-refractivity contribution < 1.29 is 4.92 Å². The lowest BCUT2D eigenvalue weighted by atomic mass is 10.1. The monoisotopic (exact) mass is 288 g/mol. The van der Waals surface area contributed by atoms with Gasteiger partial charge in [0.25, 0.3) is 5.69 Å². The lowest BCUT2D eigenvalue weighted by Crippen LogP contribution is -2.19. The molecule has 21 heavy (non-hydrogen) atoms. The van der Waals surface area contributed by atoms with E-state index in [2.05, 4.69) is 24.3 Å². The lowest BCUT2D eigenvalue weighted by Gasteiger charge is -2.13. The van der Waals surface area contributed by atoms with Gasteiger partial charge < -0.3 is 5.32 Å². The van der Waals surface area contributed by atoms with E-state index < -0.39 is 4.92 Å². The third-order valence-electron chi connectivity index (χ3n) is 3.52. The highest BCUT2D eigenvalue weighted by molar-refractivity contribution is 5.42. The Balaban J connectivity index is 2.25. The SMILES string of the molecule is CCCNC(C)c1cnn(-c2ccc([N+](=O)[O-])cc2)c1C. The number of hydrogen-bond donors (Lipinski definition) is 1. The molecule has 1 unspecified atom stereocenters. The van der Waals surface area contributed by atoms with Gasteiger partial charge >= 0.3 is 0 Å². The van der Waals surface area contributed by atoms with Crippen LogP contribution < -0.4 is 5.32 Å². The van der Waals surface area contributed by atoms with Crippen LogP contribution in [0.15, 0.2) is 30.5 Å². The third-order valence-corrected chi connectivity index (χ3v) is 3.52. The van der Waals surface area contributed by atoms with Gasteiger partial charge in [0, 0.05) is 29.4 Å². The number of nitrogens with one attached hydrogen (secondary N) is 1. The molecule has 2 aromatic rings. The van der Waals surface area contributed by atoms with Crippen molar-refractivity contribution in [3.63, 3.8) is 0 Å². The fourth-order valence-corrected chi connectivity index (χ4v) is 2.29. The van der Waals surface area contributed by atoms with Crippen molar-refractivity contribution in [3.8, 4) is 5.69 Å². The summed E-state index contributed by atoms with van der Waals surface area (Å²) in [6.45, 7) is 7.21. The van der Waals surface area contributed by atoms with E-state index in [0.717, 1.165) is 29.9 Å². The third kappa shape index (κ3) is 3.28. The lowest BCUT2D eigenvalue weighted by molar-refractivity contribution is -0.384. The Morgan fingerprint density at radius 3 is 2.62 bits per heavy atom. The zero-order chi connectivity index (χ0) is 15.4. The molecule has 0 bridgehead atoms. The normalized spacial score (nSPS) is 12.3. The zero-order valence-electron chi connectivity index (χ0n) is 12.5. The molecule has 1 atom stereocenters. The van der Waals surface area contributed by atoms with Crippen LogP contribution in [0.5, 0.6) is 0 Å². The molecule has 1 heterocycles. The second-order valence-electron chi connectivity index (χ2n) is 5.05. The molecule has 6 heteroatoms. The average molecular weight is 288 g/mol. The summed E-state index contributed by atoms with van der Waals surface area (Å²) in [4.78, 5) is 10.3. The first-order chi connectivity index (χ1) is 10.0. The Hall–Kier alpha value is -2.21. The Labute approximate surface area is 123 Å². The molecule has 0 spiro atoms. The maximum absolute atomic E-state index is 10.7. The molecule has 0 fully saturated rings. The first-order valence-electron chi connectivity index (χ1n) is 7.07. The summed E-state index contributed by atoms with van der Waals surface area (Å²) in [5, 5.41) is 18.5. The maximum atomic E-state index is 10.7. The van der Waals surface area contributed by atoms with Crippen LogP contribution in [0.3, 0.4) is 0 Å². The van der Waals surface area contributed by atoms with Crippen molar-refractivity contribution in [2.24, 2.45) is 0 Å². The molecule has 1 aromatic heterocycles. The van der Waals surface area contributed by atoms with Gasteiger partial charge in [-0.1, -0.05) is 6.92 Å². The fourth-order valence-electron chi connectivity index (χ4n) is 2.29. The molecule has 0 saturated heterocycles. The van der Waals surface area contributed by atoms with Crippen LogP contribution in [0.2, 0.25) is 0 Å². The minimum absolute atomic E-state index is 0.0850. The average Bonchev–Trinajstić information content (AvgIpc) is 2.86. The number of rotatable bonds is 6. The molecule has 6 nitrogen and oxygen atoms in total. The summed E-state index contributed by atoms with van der Waals surface area (Å²) in [5.41, 5.74) is 3.09. The van der Waals surface area contributed by atoms with E-state index in [-0.39, 0.29) is 11.7 Å². The number of nitro groups is 1. The number of nitro benzene ring substituents is 1. The molecular weight excluding hydrogens is 268 g/mol. The van der Waals surface area contributed by atoms with Gasteiger partial charge in [0.05, 0.1) is 16.8 Å². The predicted octanol–water partition coefficient (Wildman–Crippen LogP) is 3.15. The first-order valence-corrected chi connectivity index (χ1v) is 7.07. The molecule has 0 saturated carbocycles. The molecule has 2 rings (SSSR count). The van der Waals surface area contributed by atoms with Crippen molar-refractivity contribution in [2.45, 2.75) is 33.2 Å². The van der Waals surface area contributed by atoms with Gasteiger partial charge in [0.15, 0.2) is 0 Å². The van der Waals surface area contributed by atoms with E-state index in [1.807, 2.05) is 17.8 Å².